The zero-order valence-electron chi connectivity index (χ0n) is 15.0. The van der Waals surface area contributed by atoms with Crippen molar-refractivity contribution in [3.05, 3.63) is 39.2 Å². The van der Waals surface area contributed by atoms with Gasteiger partial charge in [0.25, 0.3) is 0 Å². The molecule has 1 atom stereocenters. The van der Waals surface area contributed by atoms with Gasteiger partial charge in [-0.05, 0) is 44.4 Å². The molecule has 1 aliphatic rings. The molecule has 1 saturated heterocycles. The van der Waals surface area contributed by atoms with Gasteiger partial charge >= 0.3 is 5.63 Å². The lowest BCUT2D eigenvalue weighted by atomic mass is 10.0. The van der Waals surface area contributed by atoms with Crippen LogP contribution in [0.5, 0.6) is 5.75 Å². The molecule has 0 N–H and O–H groups in total. The smallest absolute Gasteiger partial charge is 0.340 e. The highest BCUT2D eigenvalue weighted by Gasteiger charge is 2.30. The molecule has 1 aliphatic heterocycles. The summed E-state index contributed by atoms with van der Waals surface area (Å²) in [4.78, 5) is 37.5. The zero-order valence-corrected chi connectivity index (χ0v) is 15.0. The molecule has 26 heavy (non-hydrogen) atoms. The summed E-state index contributed by atoms with van der Waals surface area (Å²) in [6.07, 6.45) is 0.784. The van der Waals surface area contributed by atoms with E-state index in [2.05, 4.69) is 0 Å². The molecular formula is C19H20NO6-. The number of benzene rings is 1. The Morgan fingerprint density at radius 2 is 2.04 bits per heavy atom. The predicted octanol–water partition coefficient (Wildman–Crippen LogP) is 0.702. The van der Waals surface area contributed by atoms with Gasteiger partial charge in [-0.15, -0.1) is 0 Å². The van der Waals surface area contributed by atoms with Crippen LogP contribution in [-0.2, 0) is 16.0 Å². The number of carboxylic acid groups (broad SMARTS) is 1. The first kappa shape index (κ1) is 18.0. The number of hydrogen-bond donors (Lipinski definition) is 0. The van der Waals surface area contributed by atoms with E-state index in [0.29, 0.717) is 41.8 Å². The number of fused-ring (bicyclic) bond motifs is 1. The number of aliphatic carboxylic acids is 1. The molecule has 0 saturated carbocycles. The third-order valence-corrected chi connectivity index (χ3v) is 5.05. The highest BCUT2D eigenvalue weighted by Crippen LogP contribution is 2.29. The molecule has 1 aromatic carbocycles. The second kappa shape index (κ2) is 6.82. The van der Waals surface area contributed by atoms with Crippen molar-refractivity contribution in [2.45, 2.75) is 39.2 Å². The second-order valence-electron chi connectivity index (χ2n) is 6.50. The molecule has 7 heteroatoms. The molecule has 0 radical (unpaired) electrons. The Balaban J connectivity index is 2.00. The van der Waals surface area contributed by atoms with Crippen LogP contribution in [0.15, 0.2) is 21.3 Å². The maximum absolute atomic E-state index is 12.6. The van der Waals surface area contributed by atoms with Crippen LogP contribution in [0, 0.1) is 13.8 Å². The van der Waals surface area contributed by atoms with Crippen LogP contribution in [-0.4, -0.2) is 36.5 Å². The van der Waals surface area contributed by atoms with Crippen LogP contribution in [0.1, 0.15) is 29.5 Å². The predicted molar refractivity (Wildman–Crippen MR) is 92.0 cm³/mol. The normalized spacial score (nSPS) is 16.9. The van der Waals surface area contributed by atoms with Crippen LogP contribution < -0.4 is 15.5 Å². The van der Waals surface area contributed by atoms with E-state index >= 15 is 0 Å². The van der Waals surface area contributed by atoms with Crippen molar-refractivity contribution >= 4 is 22.8 Å². The number of nitrogens with zero attached hydrogens (tertiary/aromatic N) is 1. The summed E-state index contributed by atoms with van der Waals surface area (Å²) in [5.74, 6) is -1.06. The fraction of sp³-hybridized carbons (Fsp3) is 0.421. The number of rotatable bonds is 4. The first-order valence-electron chi connectivity index (χ1n) is 8.45. The quantitative estimate of drug-likeness (QED) is 0.746. The Bertz CT molecular complexity index is 945. The van der Waals surface area contributed by atoms with Crippen molar-refractivity contribution in [1.29, 1.82) is 0 Å². The molecule has 0 bridgehead atoms. The SMILES string of the molecule is COc1ccc2c(C)c(CC(=O)N3CCC[C@@H]3C(=O)[O-])c(=O)oc2c1C. The number of hydrogen-bond acceptors (Lipinski definition) is 6. The van der Waals surface area contributed by atoms with Gasteiger partial charge in [0.15, 0.2) is 0 Å². The maximum atomic E-state index is 12.6. The number of carbonyl (C=O) groups is 2. The van der Waals surface area contributed by atoms with Gasteiger partial charge in [0, 0.05) is 17.5 Å². The van der Waals surface area contributed by atoms with E-state index in [0.717, 1.165) is 5.39 Å². The van der Waals surface area contributed by atoms with Crippen molar-refractivity contribution in [2.24, 2.45) is 0 Å². The van der Waals surface area contributed by atoms with Gasteiger partial charge in [-0.2, -0.15) is 0 Å². The van der Waals surface area contributed by atoms with E-state index in [4.69, 9.17) is 9.15 Å². The fourth-order valence-electron chi connectivity index (χ4n) is 3.56. The highest BCUT2D eigenvalue weighted by molar-refractivity contribution is 5.89. The van der Waals surface area contributed by atoms with Crippen molar-refractivity contribution in [3.63, 3.8) is 0 Å². The largest absolute Gasteiger partial charge is 0.548 e. The number of carboxylic acids is 1. The number of amides is 1. The lowest BCUT2D eigenvalue weighted by Gasteiger charge is -2.25. The molecule has 0 unspecified atom stereocenters. The van der Waals surface area contributed by atoms with Crippen molar-refractivity contribution in [3.8, 4) is 5.75 Å². The third-order valence-electron chi connectivity index (χ3n) is 5.05. The van der Waals surface area contributed by atoms with Gasteiger partial charge in [-0.25, -0.2) is 4.79 Å². The van der Waals surface area contributed by atoms with Gasteiger partial charge in [-0.3, -0.25) is 4.79 Å². The van der Waals surface area contributed by atoms with Gasteiger partial charge in [0.1, 0.15) is 11.3 Å². The van der Waals surface area contributed by atoms with Crippen LogP contribution in [0.2, 0.25) is 0 Å². The lowest BCUT2D eigenvalue weighted by Crippen LogP contribution is -2.47. The van der Waals surface area contributed by atoms with Crippen molar-refractivity contribution < 1.29 is 23.8 Å². The summed E-state index contributed by atoms with van der Waals surface area (Å²) < 4.78 is 10.7. The molecule has 0 aliphatic carbocycles. The summed E-state index contributed by atoms with van der Waals surface area (Å²) in [6, 6.07) is 2.64. The van der Waals surface area contributed by atoms with Crippen LogP contribution in [0.4, 0.5) is 0 Å². The van der Waals surface area contributed by atoms with Crippen molar-refractivity contribution in [2.75, 3.05) is 13.7 Å². The molecule has 138 valence electrons. The Hall–Kier alpha value is -2.83. The Labute approximate surface area is 150 Å². The number of carbonyl (C=O) groups excluding carboxylic acids is 2. The minimum absolute atomic E-state index is 0.195. The van der Waals surface area contributed by atoms with Gasteiger partial charge in [0.2, 0.25) is 5.91 Å². The molecule has 7 nitrogen and oxygen atoms in total. The maximum Gasteiger partial charge on any atom is 0.340 e. The molecule has 1 amide bonds. The van der Waals surface area contributed by atoms with Gasteiger partial charge in [0.05, 0.1) is 31.1 Å². The molecule has 0 spiro atoms. The number of methoxy groups -OCH3 is 1. The first-order valence-corrected chi connectivity index (χ1v) is 8.45. The summed E-state index contributed by atoms with van der Waals surface area (Å²) in [5, 5.41) is 11.9. The minimum Gasteiger partial charge on any atom is -0.548 e. The monoisotopic (exact) mass is 358 g/mol. The minimum atomic E-state index is -1.26. The molecular weight excluding hydrogens is 338 g/mol. The Kier molecular flexibility index (Phi) is 4.71. The third kappa shape index (κ3) is 2.94. The summed E-state index contributed by atoms with van der Waals surface area (Å²) in [5.41, 5.74) is 1.44. The van der Waals surface area contributed by atoms with Gasteiger partial charge < -0.3 is 24.0 Å². The first-order chi connectivity index (χ1) is 12.3. The molecule has 2 aromatic rings. The van der Waals surface area contributed by atoms with Crippen LogP contribution in [0.25, 0.3) is 11.0 Å². The Morgan fingerprint density at radius 1 is 1.31 bits per heavy atom. The molecule has 1 aromatic heterocycles. The number of aryl methyl sites for hydroxylation is 2. The number of likely N-dealkylation sites (tertiary alicyclic amines) is 1. The molecule has 1 fully saturated rings. The standard InChI is InChI=1S/C19H21NO6/c1-10-12-6-7-15(25-3)11(2)17(12)26-19(24)13(10)9-16(21)20-8-4-5-14(20)18(22)23/h6-7,14H,4-5,8-9H2,1-3H3,(H,22,23)/p-1/t14-/m1/s1. The van der Waals surface area contributed by atoms with E-state index in [1.165, 1.54) is 12.0 Å². The summed E-state index contributed by atoms with van der Waals surface area (Å²) >= 11 is 0. The zero-order chi connectivity index (χ0) is 19.0. The topological polar surface area (TPSA) is 99.9 Å². The van der Waals surface area contributed by atoms with Crippen LogP contribution in [0.3, 0.4) is 0 Å². The van der Waals surface area contributed by atoms with E-state index in [1.807, 2.05) is 0 Å². The molecule has 2 heterocycles. The Morgan fingerprint density at radius 3 is 2.69 bits per heavy atom. The van der Waals surface area contributed by atoms with Crippen LogP contribution >= 0.6 is 0 Å². The average Bonchev–Trinajstić information content (AvgIpc) is 3.09. The molecule has 3 rings (SSSR count). The van der Waals surface area contributed by atoms with E-state index in [1.54, 1.807) is 26.0 Å². The average molecular weight is 358 g/mol. The summed E-state index contributed by atoms with van der Waals surface area (Å²) in [6.45, 7) is 3.91. The van der Waals surface area contributed by atoms with Crippen molar-refractivity contribution in [1.82, 2.24) is 4.90 Å². The van der Waals surface area contributed by atoms with E-state index in [9.17, 15) is 19.5 Å². The number of ether oxygens (including phenoxy) is 1. The van der Waals surface area contributed by atoms with E-state index in [-0.39, 0.29) is 12.0 Å². The van der Waals surface area contributed by atoms with Gasteiger partial charge in [-0.1, -0.05) is 0 Å². The fourth-order valence-corrected chi connectivity index (χ4v) is 3.56. The summed E-state index contributed by atoms with van der Waals surface area (Å²) in [7, 11) is 1.54. The highest BCUT2D eigenvalue weighted by atomic mass is 16.5. The lowest BCUT2D eigenvalue weighted by molar-refractivity contribution is -0.310. The van der Waals surface area contributed by atoms with E-state index < -0.39 is 23.5 Å². The second-order valence-corrected chi connectivity index (χ2v) is 6.50.